The summed E-state index contributed by atoms with van der Waals surface area (Å²) >= 11 is 6.24. The van der Waals surface area contributed by atoms with Crippen molar-refractivity contribution in [3.8, 4) is 17.6 Å². The van der Waals surface area contributed by atoms with Crippen molar-refractivity contribution >= 4 is 40.9 Å². The van der Waals surface area contributed by atoms with Gasteiger partial charge < -0.3 is 20.1 Å². The van der Waals surface area contributed by atoms with Crippen molar-refractivity contribution in [2.24, 2.45) is 0 Å². The molecule has 0 atom stereocenters. The lowest BCUT2D eigenvalue weighted by Gasteiger charge is -2.10. The number of benzene rings is 3. The second-order valence-corrected chi connectivity index (χ2v) is 7.52. The maximum absolute atomic E-state index is 13.0. The smallest absolute Gasteiger partial charge is 0.266 e. The topological polar surface area (TPSA) is 100 Å². The molecule has 0 spiro atoms. The number of hydrogen-bond acceptors (Lipinski definition) is 5. The van der Waals surface area contributed by atoms with E-state index in [1.165, 1.54) is 42.5 Å². The highest BCUT2D eigenvalue weighted by molar-refractivity contribution is 6.32. The van der Waals surface area contributed by atoms with E-state index in [1.54, 1.807) is 30.3 Å². The van der Waals surface area contributed by atoms with E-state index in [9.17, 15) is 19.2 Å². The molecule has 0 saturated carbocycles. The Morgan fingerprint density at radius 2 is 1.66 bits per heavy atom. The van der Waals surface area contributed by atoms with E-state index in [0.717, 1.165) is 0 Å². The number of rotatable bonds is 9. The van der Waals surface area contributed by atoms with Gasteiger partial charge in [-0.25, -0.2) is 4.39 Å². The van der Waals surface area contributed by atoms with E-state index in [1.807, 2.05) is 13.0 Å². The van der Waals surface area contributed by atoms with Gasteiger partial charge in [0.2, 0.25) is 0 Å². The molecule has 3 aromatic rings. The van der Waals surface area contributed by atoms with Crippen LogP contribution in [0.3, 0.4) is 0 Å². The number of nitrogens with zero attached hydrogens (tertiary/aromatic N) is 1. The average molecular weight is 494 g/mol. The molecule has 0 aliphatic carbocycles. The van der Waals surface area contributed by atoms with Crippen LogP contribution in [0.5, 0.6) is 11.5 Å². The lowest BCUT2D eigenvalue weighted by molar-refractivity contribution is -0.118. The molecule has 3 aromatic carbocycles. The Morgan fingerprint density at radius 1 is 1.00 bits per heavy atom. The van der Waals surface area contributed by atoms with Crippen LogP contribution < -0.4 is 20.1 Å². The molecule has 0 bridgehead atoms. The van der Waals surface area contributed by atoms with Crippen molar-refractivity contribution in [1.29, 1.82) is 5.26 Å². The molecule has 3 rings (SSSR count). The van der Waals surface area contributed by atoms with Gasteiger partial charge in [0, 0.05) is 11.4 Å². The highest BCUT2D eigenvalue weighted by atomic mass is 35.5. The van der Waals surface area contributed by atoms with Gasteiger partial charge >= 0.3 is 0 Å². The molecule has 0 aliphatic heterocycles. The summed E-state index contributed by atoms with van der Waals surface area (Å²) in [4.78, 5) is 24.5. The number of carbonyl (C=O) groups is 2. The van der Waals surface area contributed by atoms with Crippen LogP contribution in [0.2, 0.25) is 5.02 Å². The number of hydrogen-bond donors (Lipinski definition) is 2. The first-order chi connectivity index (χ1) is 16.9. The number of halogens is 2. The highest BCUT2D eigenvalue weighted by Crippen LogP contribution is 2.27. The molecule has 0 fully saturated rings. The van der Waals surface area contributed by atoms with Crippen molar-refractivity contribution in [3.63, 3.8) is 0 Å². The Labute approximate surface area is 206 Å². The minimum atomic E-state index is -0.578. The molecule has 7 nitrogen and oxygen atoms in total. The Bertz CT molecular complexity index is 1270. The van der Waals surface area contributed by atoms with Gasteiger partial charge in [-0.15, -0.1) is 0 Å². The fourth-order valence-electron chi connectivity index (χ4n) is 2.91. The van der Waals surface area contributed by atoms with E-state index < -0.39 is 17.6 Å². The molecular formula is C26H21ClFN3O4. The zero-order valence-electron chi connectivity index (χ0n) is 18.7. The average Bonchev–Trinajstić information content (AvgIpc) is 2.84. The fraction of sp³-hybridized carbons (Fsp3) is 0.115. The molecule has 35 heavy (non-hydrogen) atoms. The van der Waals surface area contributed by atoms with E-state index in [2.05, 4.69) is 10.6 Å². The van der Waals surface area contributed by atoms with Crippen molar-refractivity contribution in [2.45, 2.75) is 6.92 Å². The standard InChI is InChI=1S/C26H21ClFN3O4/c1-2-34-22-10-8-21(9-11-22)31-26(33)18(15-29)13-17-3-12-24(23(27)14-17)35-16-25(32)30-20-6-4-19(28)5-7-20/h3-14H,2,16H2,1H3,(H,30,32)(H,31,33). The van der Waals surface area contributed by atoms with Crippen molar-refractivity contribution in [3.05, 3.63) is 88.7 Å². The first-order valence-electron chi connectivity index (χ1n) is 10.5. The van der Waals surface area contributed by atoms with Gasteiger partial charge in [0.15, 0.2) is 6.61 Å². The molecule has 0 heterocycles. The molecule has 2 amide bonds. The molecule has 0 aromatic heterocycles. The van der Waals surface area contributed by atoms with E-state index in [0.29, 0.717) is 29.3 Å². The fourth-order valence-corrected chi connectivity index (χ4v) is 3.16. The van der Waals surface area contributed by atoms with Crippen molar-refractivity contribution in [2.75, 3.05) is 23.8 Å². The van der Waals surface area contributed by atoms with Crippen LogP contribution >= 0.6 is 11.6 Å². The lowest BCUT2D eigenvalue weighted by Crippen LogP contribution is -2.20. The Balaban J connectivity index is 1.60. The number of amides is 2. The molecule has 2 N–H and O–H groups in total. The van der Waals surface area contributed by atoms with Gasteiger partial charge in [0.05, 0.1) is 11.6 Å². The largest absolute Gasteiger partial charge is 0.494 e. The maximum atomic E-state index is 13.0. The van der Waals surface area contributed by atoms with Crippen molar-refractivity contribution < 1.29 is 23.5 Å². The van der Waals surface area contributed by atoms with Crippen LogP contribution in [-0.2, 0) is 9.59 Å². The van der Waals surface area contributed by atoms with Gasteiger partial charge in [-0.1, -0.05) is 17.7 Å². The van der Waals surface area contributed by atoms with Crippen molar-refractivity contribution in [1.82, 2.24) is 0 Å². The first kappa shape index (κ1) is 25.3. The summed E-state index contributed by atoms with van der Waals surface area (Å²) in [6.45, 7) is 2.08. The quantitative estimate of drug-likeness (QED) is 0.305. The summed E-state index contributed by atoms with van der Waals surface area (Å²) in [7, 11) is 0. The van der Waals surface area contributed by atoms with Gasteiger partial charge in [0.25, 0.3) is 11.8 Å². The van der Waals surface area contributed by atoms with Gasteiger partial charge in [0.1, 0.15) is 29.0 Å². The molecule has 0 saturated heterocycles. The molecule has 9 heteroatoms. The summed E-state index contributed by atoms with van der Waals surface area (Å²) in [6.07, 6.45) is 1.39. The van der Waals surface area contributed by atoms with Gasteiger partial charge in [-0.3, -0.25) is 9.59 Å². The highest BCUT2D eigenvalue weighted by Gasteiger charge is 2.12. The van der Waals surface area contributed by atoms with Crippen LogP contribution in [0.25, 0.3) is 6.08 Å². The Morgan fingerprint density at radius 3 is 2.29 bits per heavy atom. The molecule has 0 radical (unpaired) electrons. The van der Waals surface area contributed by atoms with Gasteiger partial charge in [-0.2, -0.15) is 5.26 Å². The number of nitriles is 1. The number of carbonyl (C=O) groups excluding carboxylic acids is 2. The van der Waals surface area contributed by atoms with Crippen LogP contribution in [0.4, 0.5) is 15.8 Å². The summed E-state index contributed by atoms with van der Waals surface area (Å²) in [6, 6.07) is 18.6. The Kier molecular flexibility index (Phi) is 8.82. The predicted molar refractivity (Wildman–Crippen MR) is 132 cm³/mol. The second kappa shape index (κ2) is 12.2. The van der Waals surface area contributed by atoms with E-state index in [-0.39, 0.29) is 23.0 Å². The summed E-state index contributed by atoms with van der Waals surface area (Å²) in [5, 5.41) is 14.9. The molecular weight excluding hydrogens is 473 g/mol. The molecule has 0 aliphatic rings. The van der Waals surface area contributed by atoms with Crippen LogP contribution in [0.15, 0.2) is 72.3 Å². The van der Waals surface area contributed by atoms with E-state index >= 15 is 0 Å². The summed E-state index contributed by atoms with van der Waals surface area (Å²) in [5.41, 5.74) is 1.32. The van der Waals surface area contributed by atoms with E-state index in [4.69, 9.17) is 21.1 Å². The maximum Gasteiger partial charge on any atom is 0.266 e. The number of anilines is 2. The monoisotopic (exact) mass is 493 g/mol. The first-order valence-corrected chi connectivity index (χ1v) is 10.9. The summed E-state index contributed by atoms with van der Waals surface area (Å²) < 4.78 is 23.8. The third kappa shape index (κ3) is 7.59. The molecule has 0 unspecified atom stereocenters. The normalized spacial score (nSPS) is 10.7. The third-order valence-corrected chi connectivity index (χ3v) is 4.84. The zero-order valence-corrected chi connectivity index (χ0v) is 19.4. The zero-order chi connectivity index (χ0) is 25.2. The minimum absolute atomic E-state index is 0.123. The van der Waals surface area contributed by atoms with Crippen LogP contribution in [0.1, 0.15) is 12.5 Å². The minimum Gasteiger partial charge on any atom is -0.494 e. The molecule has 178 valence electrons. The second-order valence-electron chi connectivity index (χ2n) is 7.11. The third-order valence-electron chi connectivity index (χ3n) is 4.54. The van der Waals surface area contributed by atoms with Crippen LogP contribution in [-0.4, -0.2) is 25.0 Å². The number of ether oxygens (including phenoxy) is 2. The predicted octanol–water partition coefficient (Wildman–Crippen LogP) is 5.44. The summed E-state index contributed by atoms with van der Waals surface area (Å²) in [5.74, 6) is -0.518. The Hall–Kier alpha value is -4.35. The number of nitrogens with one attached hydrogen (secondary N) is 2. The lowest BCUT2D eigenvalue weighted by atomic mass is 10.1. The van der Waals surface area contributed by atoms with Crippen LogP contribution in [0, 0.1) is 17.1 Å². The SMILES string of the molecule is CCOc1ccc(NC(=O)C(C#N)=Cc2ccc(OCC(=O)Nc3ccc(F)cc3)c(Cl)c2)cc1. The van der Waals surface area contributed by atoms with Gasteiger partial charge in [-0.05, 0) is 79.2 Å².